The molecule has 28 heavy (non-hydrogen) atoms. The molecule has 7 heteroatoms. The molecule has 1 aromatic heterocycles. The van der Waals surface area contributed by atoms with E-state index in [-0.39, 0.29) is 15.7 Å². The van der Waals surface area contributed by atoms with Gasteiger partial charge in [-0.1, -0.05) is 38.5 Å². The average molecular weight is 407 g/mol. The highest BCUT2D eigenvalue weighted by atomic mass is 32.2. The lowest BCUT2D eigenvalue weighted by Gasteiger charge is -2.20. The Morgan fingerprint density at radius 1 is 1.11 bits per heavy atom. The van der Waals surface area contributed by atoms with Crippen LogP contribution in [0, 0.1) is 26.2 Å². The van der Waals surface area contributed by atoms with Crippen molar-refractivity contribution in [1.29, 1.82) is 0 Å². The second-order valence-corrected chi connectivity index (χ2v) is 9.94. The first-order valence-corrected chi connectivity index (χ1v) is 10.7. The van der Waals surface area contributed by atoms with Crippen molar-refractivity contribution in [2.45, 2.75) is 57.9 Å². The maximum atomic E-state index is 13.5. The van der Waals surface area contributed by atoms with E-state index < -0.39 is 15.3 Å². The summed E-state index contributed by atoms with van der Waals surface area (Å²) in [4.78, 5) is 13.0. The number of ether oxygens (including phenoxy) is 1. The van der Waals surface area contributed by atoms with Crippen LogP contribution in [0.3, 0.4) is 0 Å². The Labute approximate surface area is 167 Å². The molecule has 0 saturated heterocycles. The van der Waals surface area contributed by atoms with E-state index in [1.54, 1.807) is 59.1 Å². The summed E-state index contributed by atoms with van der Waals surface area (Å²) in [5.74, 6) is 0.0524. The van der Waals surface area contributed by atoms with E-state index in [9.17, 15) is 13.2 Å². The van der Waals surface area contributed by atoms with Crippen LogP contribution in [0.5, 0.6) is 0 Å². The van der Waals surface area contributed by atoms with Crippen molar-refractivity contribution >= 4 is 21.6 Å². The molecule has 0 radical (unpaired) electrons. The van der Waals surface area contributed by atoms with Crippen LogP contribution in [0.2, 0.25) is 0 Å². The Bertz CT molecular complexity index is 965. The summed E-state index contributed by atoms with van der Waals surface area (Å²) in [5.41, 5.74) is 1.72. The maximum Gasteiger partial charge on any atom is 0.230 e. The Kier molecular flexibility index (Phi) is 6.41. The molecule has 0 atom stereocenters. The fraction of sp³-hybridized carbons (Fsp3) is 0.476. The third kappa shape index (κ3) is 4.31. The predicted molar refractivity (Wildman–Crippen MR) is 110 cm³/mol. The number of amides is 1. The van der Waals surface area contributed by atoms with Crippen molar-refractivity contribution in [2.75, 3.05) is 19.0 Å². The zero-order chi connectivity index (χ0) is 21.3. The van der Waals surface area contributed by atoms with Crippen LogP contribution in [0.1, 0.15) is 37.6 Å². The molecule has 0 aliphatic carbocycles. The number of hydrogen-bond acceptors (Lipinski definition) is 4. The van der Waals surface area contributed by atoms with Gasteiger partial charge in [0.1, 0.15) is 10.7 Å². The number of aromatic nitrogens is 1. The molecule has 6 nitrogen and oxygen atoms in total. The summed E-state index contributed by atoms with van der Waals surface area (Å²) in [6.07, 6.45) is 0. The van der Waals surface area contributed by atoms with E-state index in [1.807, 2.05) is 18.4 Å². The minimum atomic E-state index is -3.81. The number of rotatable bonds is 6. The van der Waals surface area contributed by atoms with Gasteiger partial charge < -0.3 is 14.6 Å². The molecule has 1 amide bonds. The zero-order valence-corrected chi connectivity index (χ0v) is 18.5. The summed E-state index contributed by atoms with van der Waals surface area (Å²) in [5, 5.41) is 2.87. The smallest absolute Gasteiger partial charge is 0.230 e. The van der Waals surface area contributed by atoms with Crippen molar-refractivity contribution in [2.24, 2.45) is 5.41 Å². The molecular weight excluding hydrogens is 376 g/mol. The van der Waals surface area contributed by atoms with Crippen LogP contribution in [0.25, 0.3) is 0 Å². The number of carbonyl (C=O) groups excluding carboxylic acids is 1. The molecule has 0 bridgehead atoms. The molecule has 0 fully saturated rings. The van der Waals surface area contributed by atoms with E-state index in [0.29, 0.717) is 24.5 Å². The van der Waals surface area contributed by atoms with Crippen LogP contribution in [-0.2, 0) is 25.9 Å². The lowest BCUT2D eigenvalue weighted by Crippen LogP contribution is -2.29. The summed E-state index contributed by atoms with van der Waals surface area (Å²) in [6, 6.07) is 6.73. The topological polar surface area (TPSA) is 77.4 Å². The number of methoxy groups -OCH3 is 1. The van der Waals surface area contributed by atoms with Gasteiger partial charge in [-0.25, -0.2) is 8.42 Å². The van der Waals surface area contributed by atoms with Crippen LogP contribution in [0.15, 0.2) is 34.1 Å². The molecule has 0 spiro atoms. The third-order valence-corrected chi connectivity index (χ3v) is 6.74. The van der Waals surface area contributed by atoms with Gasteiger partial charge in [0.2, 0.25) is 15.7 Å². The average Bonchev–Trinajstić information content (AvgIpc) is 2.83. The highest BCUT2D eigenvalue weighted by molar-refractivity contribution is 7.91. The number of nitrogens with one attached hydrogen (secondary N) is 1. The Balaban J connectivity index is 2.71. The van der Waals surface area contributed by atoms with Crippen LogP contribution < -0.4 is 5.32 Å². The molecule has 0 aliphatic rings. The van der Waals surface area contributed by atoms with Gasteiger partial charge in [0, 0.05) is 24.8 Å². The summed E-state index contributed by atoms with van der Waals surface area (Å²) < 4.78 is 33.9. The lowest BCUT2D eigenvalue weighted by molar-refractivity contribution is -0.123. The Morgan fingerprint density at radius 3 is 2.18 bits per heavy atom. The minimum Gasteiger partial charge on any atom is -0.383 e. The van der Waals surface area contributed by atoms with Gasteiger partial charge in [0.25, 0.3) is 0 Å². The Hall–Kier alpha value is -2.12. The second-order valence-electron chi connectivity index (χ2n) is 8.05. The summed E-state index contributed by atoms with van der Waals surface area (Å²) in [6.45, 7) is 11.7. The quantitative estimate of drug-likeness (QED) is 0.790. The Morgan fingerprint density at radius 2 is 1.68 bits per heavy atom. The fourth-order valence-electron chi connectivity index (χ4n) is 2.88. The summed E-state index contributed by atoms with van der Waals surface area (Å²) >= 11 is 0. The minimum absolute atomic E-state index is 0.141. The molecule has 2 rings (SSSR count). The van der Waals surface area contributed by atoms with Crippen molar-refractivity contribution < 1.29 is 17.9 Å². The van der Waals surface area contributed by atoms with Crippen molar-refractivity contribution in [3.8, 4) is 0 Å². The largest absolute Gasteiger partial charge is 0.383 e. The first-order chi connectivity index (χ1) is 12.9. The number of benzene rings is 1. The number of anilines is 1. The van der Waals surface area contributed by atoms with E-state index in [1.165, 1.54) is 0 Å². The lowest BCUT2D eigenvalue weighted by atomic mass is 9.96. The normalized spacial score (nSPS) is 12.2. The number of sulfone groups is 1. The molecule has 1 N–H and O–H groups in total. The SMILES string of the molecule is COCCn1c(C)c(C)c(S(=O)(=O)c2ccc(C)cc2)c1NC(=O)C(C)(C)C. The number of nitrogens with zero attached hydrogens (tertiary/aromatic N) is 1. The van der Waals surface area contributed by atoms with Crippen LogP contribution in [0.4, 0.5) is 5.82 Å². The van der Waals surface area contributed by atoms with Crippen molar-refractivity contribution in [3.63, 3.8) is 0 Å². The molecule has 1 heterocycles. The number of carbonyl (C=O) groups is 1. The van der Waals surface area contributed by atoms with Gasteiger partial charge in [-0.3, -0.25) is 4.79 Å². The van der Waals surface area contributed by atoms with Crippen molar-refractivity contribution in [3.05, 3.63) is 41.1 Å². The van der Waals surface area contributed by atoms with Gasteiger partial charge in [0.05, 0.1) is 11.5 Å². The molecule has 0 unspecified atom stereocenters. The van der Waals surface area contributed by atoms with Gasteiger partial charge in [-0.05, 0) is 38.5 Å². The standard InChI is InChI=1S/C21H30N2O4S/c1-14-8-10-17(11-9-14)28(25,26)18-15(2)16(3)23(12-13-27-7)19(18)22-20(24)21(4,5)6/h8-11H,12-13H2,1-7H3,(H,22,24). The van der Waals surface area contributed by atoms with Gasteiger partial charge >= 0.3 is 0 Å². The van der Waals surface area contributed by atoms with Crippen molar-refractivity contribution in [1.82, 2.24) is 4.57 Å². The maximum absolute atomic E-state index is 13.5. The van der Waals surface area contributed by atoms with E-state index in [4.69, 9.17) is 4.74 Å². The van der Waals surface area contributed by atoms with E-state index in [2.05, 4.69) is 5.32 Å². The van der Waals surface area contributed by atoms with E-state index in [0.717, 1.165) is 11.3 Å². The molecule has 154 valence electrons. The van der Waals surface area contributed by atoms with Gasteiger partial charge in [-0.15, -0.1) is 0 Å². The summed E-state index contributed by atoms with van der Waals surface area (Å²) in [7, 11) is -2.22. The molecular formula is C21H30N2O4S. The van der Waals surface area contributed by atoms with Gasteiger partial charge in [-0.2, -0.15) is 0 Å². The first-order valence-electron chi connectivity index (χ1n) is 9.23. The third-order valence-electron chi connectivity index (χ3n) is 4.81. The predicted octanol–water partition coefficient (Wildman–Crippen LogP) is 3.88. The fourth-order valence-corrected chi connectivity index (χ4v) is 4.58. The first kappa shape index (κ1) is 22.2. The molecule has 0 aliphatic heterocycles. The monoisotopic (exact) mass is 406 g/mol. The molecule has 2 aromatic rings. The van der Waals surface area contributed by atoms with Crippen LogP contribution >= 0.6 is 0 Å². The van der Waals surface area contributed by atoms with Gasteiger partial charge in [0.15, 0.2) is 0 Å². The number of hydrogen-bond donors (Lipinski definition) is 1. The van der Waals surface area contributed by atoms with E-state index >= 15 is 0 Å². The zero-order valence-electron chi connectivity index (χ0n) is 17.7. The highest BCUT2D eigenvalue weighted by Crippen LogP contribution is 2.36. The second kappa shape index (κ2) is 8.09. The molecule has 1 aromatic carbocycles. The highest BCUT2D eigenvalue weighted by Gasteiger charge is 2.32. The van der Waals surface area contributed by atoms with Crippen LogP contribution in [-0.4, -0.2) is 32.6 Å². The number of aryl methyl sites for hydroxylation is 1. The molecule has 0 saturated carbocycles.